The number of nitrogens with one attached hydrogen (secondary N) is 1. The minimum atomic E-state index is 0.166. The first-order chi connectivity index (χ1) is 8.71. The quantitative estimate of drug-likeness (QED) is 0.799. The van der Waals surface area contributed by atoms with Crippen LogP contribution in [0.15, 0.2) is 0 Å². The molecule has 0 heterocycles. The fourth-order valence-electron chi connectivity index (χ4n) is 5.45. The number of nitrogens with two attached hydrogens (primary N) is 1. The van der Waals surface area contributed by atoms with Crippen LogP contribution >= 0.6 is 0 Å². The van der Waals surface area contributed by atoms with Gasteiger partial charge in [0.1, 0.15) is 0 Å². The number of carbonyl (C=O) groups excluding carboxylic acids is 1. The van der Waals surface area contributed by atoms with Crippen molar-refractivity contribution < 1.29 is 4.79 Å². The smallest absolute Gasteiger partial charge is 0.220 e. The molecule has 4 fully saturated rings. The molecule has 0 spiro atoms. The van der Waals surface area contributed by atoms with Crippen molar-refractivity contribution in [3.05, 3.63) is 0 Å². The van der Waals surface area contributed by atoms with Crippen LogP contribution in [0.4, 0.5) is 0 Å². The minimum absolute atomic E-state index is 0.166. The van der Waals surface area contributed by atoms with Crippen LogP contribution in [-0.4, -0.2) is 19.5 Å². The Hall–Kier alpha value is -0.570. The largest absolute Gasteiger partial charge is 0.359 e. The average Bonchev–Trinajstić information content (AvgIpc) is 2.35. The molecule has 1 amide bonds. The normalized spacial score (nSPS) is 42.9. The lowest BCUT2D eigenvalue weighted by molar-refractivity contribution is -0.124. The highest BCUT2D eigenvalue weighted by molar-refractivity contribution is 5.75. The highest BCUT2D eigenvalue weighted by Crippen LogP contribution is 2.58. The molecule has 0 aromatic carbocycles. The maximum Gasteiger partial charge on any atom is 0.220 e. The Morgan fingerprint density at radius 1 is 1.17 bits per heavy atom. The van der Waals surface area contributed by atoms with E-state index in [2.05, 4.69) is 5.32 Å². The number of rotatable bonds is 4. The van der Waals surface area contributed by atoms with Crippen LogP contribution in [0.1, 0.15) is 38.5 Å². The molecule has 3 heteroatoms. The molecular weight excluding hydrogens is 224 g/mol. The molecule has 4 aliphatic rings. The number of amides is 1. The highest BCUT2D eigenvalue weighted by atomic mass is 16.1. The SMILES string of the molecule is CNC(=O)CC(CN)C1C2CC3CC(C2)CC1C3. The second-order valence-corrected chi connectivity index (χ2v) is 6.88. The first-order valence-electron chi connectivity index (χ1n) is 7.61. The summed E-state index contributed by atoms with van der Waals surface area (Å²) in [6.07, 6.45) is 7.80. The Bertz CT molecular complexity index is 300. The first-order valence-corrected chi connectivity index (χ1v) is 7.61. The molecule has 0 aromatic heterocycles. The monoisotopic (exact) mass is 250 g/mol. The van der Waals surface area contributed by atoms with E-state index in [-0.39, 0.29) is 5.91 Å². The molecule has 0 saturated heterocycles. The van der Waals surface area contributed by atoms with Gasteiger partial charge in [-0.15, -0.1) is 0 Å². The zero-order chi connectivity index (χ0) is 12.7. The predicted molar refractivity (Wildman–Crippen MR) is 71.8 cm³/mol. The van der Waals surface area contributed by atoms with E-state index in [0.29, 0.717) is 18.9 Å². The highest BCUT2D eigenvalue weighted by Gasteiger charge is 2.50. The van der Waals surface area contributed by atoms with Crippen molar-refractivity contribution in [1.82, 2.24) is 5.32 Å². The van der Waals surface area contributed by atoms with Gasteiger partial charge in [-0.2, -0.15) is 0 Å². The van der Waals surface area contributed by atoms with Gasteiger partial charge in [0.25, 0.3) is 0 Å². The maximum absolute atomic E-state index is 11.6. The summed E-state index contributed by atoms with van der Waals surface area (Å²) in [5.41, 5.74) is 5.98. The van der Waals surface area contributed by atoms with E-state index in [1.165, 1.54) is 32.1 Å². The van der Waals surface area contributed by atoms with E-state index in [1.807, 2.05) is 0 Å². The van der Waals surface area contributed by atoms with Crippen LogP contribution in [0.25, 0.3) is 0 Å². The van der Waals surface area contributed by atoms with E-state index < -0.39 is 0 Å². The molecule has 3 N–H and O–H groups in total. The lowest BCUT2D eigenvalue weighted by atomic mass is 9.49. The van der Waals surface area contributed by atoms with Crippen molar-refractivity contribution in [2.24, 2.45) is 41.2 Å². The van der Waals surface area contributed by atoms with E-state index in [1.54, 1.807) is 7.05 Å². The summed E-state index contributed by atoms with van der Waals surface area (Å²) in [6, 6.07) is 0. The Kier molecular flexibility index (Phi) is 3.35. The molecule has 4 aliphatic carbocycles. The van der Waals surface area contributed by atoms with Crippen LogP contribution in [-0.2, 0) is 4.79 Å². The molecule has 4 rings (SSSR count). The molecule has 0 aliphatic heterocycles. The van der Waals surface area contributed by atoms with Crippen LogP contribution in [0.2, 0.25) is 0 Å². The molecule has 18 heavy (non-hydrogen) atoms. The van der Waals surface area contributed by atoms with Gasteiger partial charge in [0, 0.05) is 13.5 Å². The molecule has 0 aromatic rings. The fraction of sp³-hybridized carbons (Fsp3) is 0.933. The van der Waals surface area contributed by atoms with Gasteiger partial charge in [-0.1, -0.05) is 0 Å². The summed E-state index contributed by atoms with van der Waals surface area (Å²) >= 11 is 0. The van der Waals surface area contributed by atoms with Crippen LogP contribution < -0.4 is 11.1 Å². The van der Waals surface area contributed by atoms with E-state index in [0.717, 1.165) is 29.6 Å². The predicted octanol–water partition coefficient (Wildman–Crippen LogP) is 1.77. The third-order valence-corrected chi connectivity index (χ3v) is 5.87. The van der Waals surface area contributed by atoms with Crippen molar-refractivity contribution in [3.63, 3.8) is 0 Å². The van der Waals surface area contributed by atoms with Crippen molar-refractivity contribution in [2.45, 2.75) is 38.5 Å². The standard InChI is InChI=1S/C15H26N2O/c1-17-14(18)7-13(8-16)15-11-3-9-2-10(5-11)6-12(15)4-9/h9-13,15H,2-8,16H2,1H3,(H,17,18). The van der Waals surface area contributed by atoms with Crippen LogP contribution in [0.5, 0.6) is 0 Å². The Labute approximate surface area is 110 Å². The van der Waals surface area contributed by atoms with Gasteiger partial charge in [-0.05, 0) is 74.2 Å². The van der Waals surface area contributed by atoms with Crippen molar-refractivity contribution in [3.8, 4) is 0 Å². The minimum Gasteiger partial charge on any atom is -0.359 e. The number of hydrogen-bond donors (Lipinski definition) is 2. The van der Waals surface area contributed by atoms with Crippen molar-refractivity contribution in [1.29, 1.82) is 0 Å². The summed E-state index contributed by atoms with van der Waals surface area (Å²) < 4.78 is 0. The van der Waals surface area contributed by atoms with Gasteiger partial charge in [-0.3, -0.25) is 4.79 Å². The second kappa shape index (κ2) is 4.84. The molecule has 1 atom stereocenters. The third kappa shape index (κ3) is 2.07. The Morgan fingerprint density at radius 2 is 1.72 bits per heavy atom. The van der Waals surface area contributed by atoms with Gasteiger partial charge < -0.3 is 11.1 Å². The number of carbonyl (C=O) groups is 1. The third-order valence-electron chi connectivity index (χ3n) is 5.87. The van der Waals surface area contributed by atoms with E-state index in [9.17, 15) is 4.79 Å². The van der Waals surface area contributed by atoms with Crippen molar-refractivity contribution >= 4 is 5.91 Å². The van der Waals surface area contributed by atoms with Gasteiger partial charge in [0.05, 0.1) is 0 Å². The molecule has 3 nitrogen and oxygen atoms in total. The summed E-state index contributed by atoms with van der Waals surface area (Å²) in [7, 11) is 1.73. The van der Waals surface area contributed by atoms with Gasteiger partial charge >= 0.3 is 0 Å². The van der Waals surface area contributed by atoms with Crippen molar-refractivity contribution in [2.75, 3.05) is 13.6 Å². The summed E-state index contributed by atoms with van der Waals surface area (Å²) in [6.45, 7) is 0.681. The average molecular weight is 250 g/mol. The maximum atomic E-state index is 11.6. The summed E-state index contributed by atoms with van der Waals surface area (Å²) in [5.74, 6) is 5.07. The second-order valence-electron chi connectivity index (χ2n) is 6.88. The van der Waals surface area contributed by atoms with E-state index >= 15 is 0 Å². The zero-order valence-corrected chi connectivity index (χ0v) is 11.4. The van der Waals surface area contributed by atoms with Crippen LogP contribution in [0.3, 0.4) is 0 Å². The molecular formula is C15H26N2O. The molecule has 1 unspecified atom stereocenters. The molecule has 4 saturated carbocycles. The van der Waals surface area contributed by atoms with Gasteiger partial charge in [0.15, 0.2) is 0 Å². The fourth-order valence-corrected chi connectivity index (χ4v) is 5.45. The van der Waals surface area contributed by atoms with Gasteiger partial charge in [0.2, 0.25) is 5.91 Å². The van der Waals surface area contributed by atoms with Crippen LogP contribution in [0, 0.1) is 35.5 Å². The Morgan fingerprint density at radius 3 is 2.17 bits per heavy atom. The summed E-state index contributed by atoms with van der Waals surface area (Å²) in [5, 5.41) is 2.76. The number of hydrogen-bond acceptors (Lipinski definition) is 2. The first kappa shape index (κ1) is 12.5. The zero-order valence-electron chi connectivity index (χ0n) is 11.4. The van der Waals surface area contributed by atoms with E-state index in [4.69, 9.17) is 5.73 Å². The molecule has 102 valence electrons. The lowest BCUT2D eigenvalue weighted by Gasteiger charge is -2.56. The lowest BCUT2D eigenvalue weighted by Crippen LogP contribution is -2.49. The Balaban J connectivity index is 1.72. The molecule has 0 radical (unpaired) electrons. The van der Waals surface area contributed by atoms with Gasteiger partial charge in [-0.25, -0.2) is 0 Å². The molecule has 4 bridgehead atoms. The summed E-state index contributed by atoms with van der Waals surface area (Å²) in [4.78, 5) is 11.6. The topological polar surface area (TPSA) is 55.1 Å².